The van der Waals surface area contributed by atoms with E-state index in [-0.39, 0.29) is 17.7 Å². The van der Waals surface area contributed by atoms with E-state index in [1.807, 2.05) is 19.1 Å². The molecule has 3 unspecified atom stereocenters. The fourth-order valence-electron chi connectivity index (χ4n) is 4.16. The van der Waals surface area contributed by atoms with Crippen LogP contribution in [0, 0.1) is 5.92 Å². The largest absolute Gasteiger partial charge is 0.444 e. The van der Waals surface area contributed by atoms with Gasteiger partial charge in [0.15, 0.2) is 11.7 Å². The van der Waals surface area contributed by atoms with Gasteiger partial charge in [0.2, 0.25) is 11.8 Å². The number of hydrogen-bond donors (Lipinski definition) is 3. The SMILES string of the molecule is CCC(NC(=O)C(NC(=O)OC(C)(C)C)C1CCCCC1)C(O)c1nc2ccccc2o1. The number of carbonyl (C=O) groups excluding carboxylic acids is 2. The van der Waals surface area contributed by atoms with Gasteiger partial charge in [0.05, 0.1) is 6.04 Å². The number of benzene rings is 1. The van der Waals surface area contributed by atoms with E-state index >= 15 is 0 Å². The zero-order valence-corrected chi connectivity index (χ0v) is 19.4. The van der Waals surface area contributed by atoms with Gasteiger partial charge >= 0.3 is 6.09 Å². The summed E-state index contributed by atoms with van der Waals surface area (Å²) in [7, 11) is 0. The Morgan fingerprint density at radius 3 is 2.50 bits per heavy atom. The number of alkyl carbamates (subject to hydrolysis) is 1. The van der Waals surface area contributed by atoms with E-state index in [1.165, 1.54) is 0 Å². The van der Waals surface area contributed by atoms with Gasteiger partial charge in [-0.1, -0.05) is 38.3 Å². The number of aliphatic hydroxyl groups excluding tert-OH is 1. The Morgan fingerprint density at radius 1 is 1.19 bits per heavy atom. The molecule has 1 fully saturated rings. The molecule has 32 heavy (non-hydrogen) atoms. The van der Waals surface area contributed by atoms with Crippen LogP contribution >= 0.6 is 0 Å². The minimum Gasteiger partial charge on any atom is -0.444 e. The van der Waals surface area contributed by atoms with E-state index in [0.29, 0.717) is 17.5 Å². The van der Waals surface area contributed by atoms with Crippen molar-refractivity contribution in [1.82, 2.24) is 15.6 Å². The topological polar surface area (TPSA) is 114 Å². The van der Waals surface area contributed by atoms with Crippen LogP contribution in [0.25, 0.3) is 11.1 Å². The van der Waals surface area contributed by atoms with Gasteiger partial charge in [0, 0.05) is 0 Å². The molecule has 1 heterocycles. The number of nitrogens with zero attached hydrogens (tertiary/aromatic N) is 1. The molecule has 2 aromatic rings. The smallest absolute Gasteiger partial charge is 0.408 e. The quantitative estimate of drug-likeness (QED) is 0.588. The van der Waals surface area contributed by atoms with E-state index in [9.17, 15) is 14.7 Å². The average Bonchev–Trinajstić information content (AvgIpc) is 3.19. The number of aliphatic hydroxyl groups is 1. The first kappa shape index (κ1) is 24.0. The molecule has 0 aliphatic heterocycles. The first-order chi connectivity index (χ1) is 15.2. The van der Waals surface area contributed by atoms with E-state index in [4.69, 9.17) is 9.15 Å². The third-order valence-corrected chi connectivity index (χ3v) is 5.79. The molecular weight excluding hydrogens is 410 g/mol. The van der Waals surface area contributed by atoms with Crippen molar-refractivity contribution >= 4 is 23.1 Å². The van der Waals surface area contributed by atoms with E-state index in [1.54, 1.807) is 32.9 Å². The van der Waals surface area contributed by atoms with Crippen LogP contribution in [0.3, 0.4) is 0 Å². The summed E-state index contributed by atoms with van der Waals surface area (Å²) in [5.41, 5.74) is 0.566. The van der Waals surface area contributed by atoms with Crippen molar-refractivity contribution in [3.8, 4) is 0 Å². The number of aromatic nitrogens is 1. The normalized spacial score (nSPS) is 18.0. The lowest BCUT2D eigenvalue weighted by Crippen LogP contribution is -2.55. The third kappa shape index (κ3) is 6.22. The highest BCUT2D eigenvalue weighted by atomic mass is 16.6. The first-order valence-corrected chi connectivity index (χ1v) is 11.5. The number of amides is 2. The van der Waals surface area contributed by atoms with E-state index in [2.05, 4.69) is 15.6 Å². The number of para-hydroxylation sites is 2. The Kier molecular flexibility index (Phi) is 7.77. The van der Waals surface area contributed by atoms with Gasteiger partial charge in [-0.2, -0.15) is 0 Å². The molecule has 176 valence electrons. The van der Waals surface area contributed by atoms with Gasteiger partial charge in [0.25, 0.3) is 0 Å². The maximum absolute atomic E-state index is 13.3. The Labute approximate surface area is 189 Å². The number of rotatable bonds is 7. The fourth-order valence-corrected chi connectivity index (χ4v) is 4.16. The van der Waals surface area contributed by atoms with Gasteiger partial charge in [-0.05, 0) is 58.1 Å². The van der Waals surface area contributed by atoms with E-state index < -0.39 is 29.9 Å². The van der Waals surface area contributed by atoms with Crippen LogP contribution in [0.5, 0.6) is 0 Å². The summed E-state index contributed by atoms with van der Waals surface area (Å²) >= 11 is 0. The molecule has 0 saturated heterocycles. The lowest BCUT2D eigenvalue weighted by molar-refractivity contribution is -0.126. The molecule has 0 spiro atoms. The lowest BCUT2D eigenvalue weighted by Gasteiger charge is -2.32. The zero-order chi connectivity index (χ0) is 23.3. The molecular formula is C24H35N3O5. The predicted molar refractivity (Wildman–Crippen MR) is 121 cm³/mol. The minimum absolute atomic E-state index is 0.0234. The molecule has 2 amide bonds. The Hall–Kier alpha value is -2.61. The highest BCUT2D eigenvalue weighted by Gasteiger charge is 2.35. The summed E-state index contributed by atoms with van der Waals surface area (Å²) < 4.78 is 11.1. The number of oxazole rings is 1. The zero-order valence-electron chi connectivity index (χ0n) is 19.4. The molecule has 1 aliphatic carbocycles. The molecule has 3 N–H and O–H groups in total. The van der Waals surface area contributed by atoms with Crippen LogP contribution in [-0.4, -0.2) is 39.8 Å². The van der Waals surface area contributed by atoms with Gasteiger partial charge < -0.3 is 24.9 Å². The summed E-state index contributed by atoms with van der Waals surface area (Å²) in [6.45, 7) is 7.22. The molecule has 0 radical (unpaired) electrons. The fraction of sp³-hybridized carbons (Fsp3) is 0.625. The standard InChI is InChI=1S/C24H35N3O5/c1-5-16(20(28)22-26-17-13-9-10-14-18(17)31-22)25-21(29)19(15-11-7-6-8-12-15)27-23(30)32-24(2,3)4/h9-10,13-16,19-20,28H,5-8,11-12H2,1-4H3,(H,25,29)(H,27,30). The van der Waals surface area contributed by atoms with Gasteiger partial charge in [-0.3, -0.25) is 4.79 Å². The summed E-state index contributed by atoms with van der Waals surface area (Å²) in [6, 6.07) is 5.93. The number of carbonyl (C=O) groups is 2. The predicted octanol–water partition coefficient (Wildman–Crippen LogP) is 4.23. The highest BCUT2D eigenvalue weighted by Crippen LogP contribution is 2.28. The molecule has 1 aliphatic rings. The molecule has 8 heteroatoms. The van der Waals surface area contributed by atoms with Crippen molar-refractivity contribution in [2.75, 3.05) is 0 Å². The molecule has 1 aromatic carbocycles. The van der Waals surface area contributed by atoms with Crippen LogP contribution < -0.4 is 10.6 Å². The Balaban J connectivity index is 1.73. The van der Waals surface area contributed by atoms with Crippen molar-refractivity contribution < 1.29 is 23.8 Å². The van der Waals surface area contributed by atoms with Crippen LogP contribution in [0.4, 0.5) is 4.79 Å². The molecule has 0 bridgehead atoms. The first-order valence-electron chi connectivity index (χ1n) is 11.5. The maximum Gasteiger partial charge on any atom is 0.408 e. The van der Waals surface area contributed by atoms with Crippen molar-refractivity contribution in [2.24, 2.45) is 5.92 Å². The number of hydrogen-bond acceptors (Lipinski definition) is 6. The van der Waals surface area contributed by atoms with Crippen LogP contribution in [-0.2, 0) is 9.53 Å². The van der Waals surface area contributed by atoms with Crippen LogP contribution in [0.2, 0.25) is 0 Å². The molecule has 1 saturated carbocycles. The van der Waals surface area contributed by atoms with E-state index in [0.717, 1.165) is 32.1 Å². The summed E-state index contributed by atoms with van der Waals surface area (Å²) in [6.07, 6.45) is 3.64. The number of nitrogens with one attached hydrogen (secondary N) is 2. The second-order valence-corrected chi connectivity index (χ2v) is 9.51. The van der Waals surface area contributed by atoms with Crippen LogP contribution in [0.15, 0.2) is 28.7 Å². The molecule has 1 aromatic heterocycles. The highest BCUT2D eigenvalue weighted by molar-refractivity contribution is 5.86. The monoisotopic (exact) mass is 445 g/mol. The molecule has 3 rings (SSSR count). The Morgan fingerprint density at radius 2 is 1.88 bits per heavy atom. The maximum atomic E-state index is 13.3. The average molecular weight is 446 g/mol. The number of ether oxygens (including phenoxy) is 1. The Bertz CT molecular complexity index is 881. The minimum atomic E-state index is -1.11. The summed E-state index contributed by atoms with van der Waals surface area (Å²) in [5.74, 6) is -0.146. The van der Waals surface area contributed by atoms with Crippen molar-refractivity contribution in [3.05, 3.63) is 30.2 Å². The summed E-state index contributed by atoms with van der Waals surface area (Å²) in [5, 5.41) is 16.6. The number of fused-ring (bicyclic) bond motifs is 1. The van der Waals surface area contributed by atoms with Crippen molar-refractivity contribution in [2.45, 2.75) is 90.0 Å². The third-order valence-electron chi connectivity index (χ3n) is 5.79. The van der Waals surface area contributed by atoms with Gasteiger partial charge in [-0.15, -0.1) is 0 Å². The van der Waals surface area contributed by atoms with Crippen LogP contribution in [0.1, 0.15) is 78.2 Å². The second kappa shape index (κ2) is 10.3. The lowest BCUT2D eigenvalue weighted by atomic mass is 9.83. The van der Waals surface area contributed by atoms with Crippen molar-refractivity contribution in [3.63, 3.8) is 0 Å². The van der Waals surface area contributed by atoms with Gasteiger partial charge in [-0.25, -0.2) is 9.78 Å². The van der Waals surface area contributed by atoms with Gasteiger partial charge in [0.1, 0.15) is 17.2 Å². The summed E-state index contributed by atoms with van der Waals surface area (Å²) in [4.78, 5) is 30.1. The molecule has 3 atom stereocenters. The molecule has 8 nitrogen and oxygen atoms in total. The second-order valence-electron chi connectivity index (χ2n) is 9.51. The van der Waals surface area contributed by atoms with Crippen molar-refractivity contribution in [1.29, 1.82) is 0 Å².